The van der Waals surface area contributed by atoms with Gasteiger partial charge in [0.2, 0.25) is 5.91 Å². The predicted octanol–water partition coefficient (Wildman–Crippen LogP) is 1.41. The number of rotatable bonds is 3. The molecule has 0 heterocycles. The average Bonchev–Trinajstić information content (AvgIpc) is 2.16. The number of carboxylic acids is 1. The van der Waals surface area contributed by atoms with Gasteiger partial charge in [0.1, 0.15) is 0 Å². The van der Waals surface area contributed by atoms with Crippen LogP contribution < -0.4 is 10.2 Å². The van der Waals surface area contributed by atoms with E-state index in [4.69, 9.17) is 5.11 Å². The molecule has 0 saturated carbocycles. The van der Waals surface area contributed by atoms with Crippen LogP contribution in [-0.4, -0.2) is 31.1 Å². The number of nitrogens with one attached hydrogen (secondary N) is 1. The van der Waals surface area contributed by atoms with E-state index in [0.717, 1.165) is 0 Å². The summed E-state index contributed by atoms with van der Waals surface area (Å²) in [6.45, 7) is 1.41. The molecule has 0 fully saturated rings. The van der Waals surface area contributed by atoms with Crippen molar-refractivity contribution in [1.29, 1.82) is 0 Å². The largest absolute Gasteiger partial charge is 0.478 e. The van der Waals surface area contributed by atoms with E-state index in [-0.39, 0.29) is 11.5 Å². The third-order valence-electron chi connectivity index (χ3n) is 2.04. The zero-order valence-electron chi connectivity index (χ0n) is 9.44. The maximum Gasteiger partial charge on any atom is 0.335 e. The van der Waals surface area contributed by atoms with Crippen molar-refractivity contribution in [2.24, 2.45) is 0 Å². The molecule has 5 nitrogen and oxygen atoms in total. The van der Waals surface area contributed by atoms with Gasteiger partial charge in [-0.25, -0.2) is 4.79 Å². The van der Waals surface area contributed by atoms with Gasteiger partial charge in [0.15, 0.2) is 0 Å². The fraction of sp³-hybridized carbons (Fsp3) is 0.273. The second-order valence-electron chi connectivity index (χ2n) is 3.61. The van der Waals surface area contributed by atoms with Crippen LogP contribution in [0.5, 0.6) is 0 Å². The Hall–Kier alpha value is -2.04. The summed E-state index contributed by atoms with van der Waals surface area (Å²) in [5, 5.41) is 11.5. The molecule has 0 bridgehead atoms. The summed E-state index contributed by atoms with van der Waals surface area (Å²) in [6.07, 6.45) is 0. The number of hydrogen-bond acceptors (Lipinski definition) is 3. The SMILES string of the molecule is CC(=O)Nc1ccc(C(=O)O)cc1N(C)C. The van der Waals surface area contributed by atoms with Crippen LogP contribution in [0.25, 0.3) is 0 Å². The van der Waals surface area contributed by atoms with Crippen LogP contribution in [0.2, 0.25) is 0 Å². The molecule has 0 aliphatic carbocycles. The summed E-state index contributed by atoms with van der Waals surface area (Å²) < 4.78 is 0. The minimum absolute atomic E-state index is 0.189. The number of hydrogen-bond donors (Lipinski definition) is 2. The Bertz CT molecular complexity index is 427. The van der Waals surface area contributed by atoms with E-state index in [1.54, 1.807) is 25.1 Å². The van der Waals surface area contributed by atoms with E-state index in [1.807, 2.05) is 0 Å². The van der Waals surface area contributed by atoms with Gasteiger partial charge in [-0.05, 0) is 18.2 Å². The molecule has 86 valence electrons. The number of aromatic carboxylic acids is 1. The zero-order chi connectivity index (χ0) is 12.3. The standard InChI is InChI=1S/C11H14N2O3/c1-7(14)12-9-5-4-8(11(15)16)6-10(9)13(2)3/h4-6H,1-3H3,(H,12,14)(H,15,16). The van der Waals surface area contributed by atoms with Gasteiger partial charge in [-0.2, -0.15) is 0 Å². The van der Waals surface area contributed by atoms with Crippen molar-refractivity contribution in [3.8, 4) is 0 Å². The highest BCUT2D eigenvalue weighted by Gasteiger charge is 2.10. The van der Waals surface area contributed by atoms with Crippen molar-refractivity contribution in [2.45, 2.75) is 6.92 Å². The molecule has 0 aliphatic heterocycles. The highest BCUT2D eigenvalue weighted by molar-refractivity contribution is 5.96. The molecule has 0 unspecified atom stereocenters. The lowest BCUT2D eigenvalue weighted by molar-refractivity contribution is -0.114. The van der Waals surface area contributed by atoms with Crippen molar-refractivity contribution >= 4 is 23.3 Å². The molecule has 1 rings (SSSR count). The molecular formula is C11H14N2O3. The number of carbonyl (C=O) groups is 2. The van der Waals surface area contributed by atoms with Crippen molar-refractivity contribution in [3.63, 3.8) is 0 Å². The Kier molecular flexibility index (Phi) is 3.50. The molecule has 0 saturated heterocycles. The summed E-state index contributed by atoms with van der Waals surface area (Å²) in [6, 6.07) is 4.56. The zero-order valence-corrected chi connectivity index (χ0v) is 9.44. The van der Waals surface area contributed by atoms with Gasteiger partial charge in [-0.1, -0.05) is 0 Å². The fourth-order valence-electron chi connectivity index (χ4n) is 1.33. The molecule has 16 heavy (non-hydrogen) atoms. The lowest BCUT2D eigenvalue weighted by atomic mass is 10.1. The smallest absolute Gasteiger partial charge is 0.335 e. The summed E-state index contributed by atoms with van der Waals surface area (Å²) in [5.41, 5.74) is 1.45. The van der Waals surface area contributed by atoms with Crippen LogP contribution in [-0.2, 0) is 4.79 Å². The molecule has 0 aromatic heterocycles. The van der Waals surface area contributed by atoms with E-state index in [1.165, 1.54) is 19.1 Å². The van der Waals surface area contributed by atoms with Gasteiger partial charge >= 0.3 is 5.97 Å². The van der Waals surface area contributed by atoms with Crippen LogP contribution in [0.15, 0.2) is 18.2 Å². The summed E-state index contributed by atoms with van der Waals surface area (Å²) in [4.78, 5) is 23.5. The number of anilines is 2. The van der Waals surface area contributed by atoms with Crippen LogP contribution in [0.3, 0.4) is 0 Å². The number of amides is 1. The van der Waals surface area contributed by atoms with Crippen LogP contribution in [0.1, 0.15) is 17.3 Å². The maximum atomic E-state index is 11.0. The summed E-state index contributed by atoms with van der Waals surface area (Å²) in [5.74, 6) is -1.18. The highest BCUT2D eigenvalue weighted by Crippen LogP contribution is 2.25. The van der Waals surface area contributed by atoms with E-state index in [2.05, 4.69) is 5.32 Å². The van der Waals surface area contributed by atoms with Crippen LogP contribution in [0.4, 0.5) is 11.4 Å². The summed E-state index contributed by atoms with van der Waals surface area (Å²) in [7, 11) is 3.57. The van der Waals surface area contributed by atoms with Crippen molar-refractivity contribution in [3.05, 3.63) is 23.8 Å². The van der Waals surface area contributed by atoms with E-state index < -0.39 is 5.97 Å². The highest BCUT2D eigenvalue weighted by atomic mass is 16.4. The first-order valence-corrected chi connectivity index (χ1v) is 4.74. The van der Waals surface area contributed by atoms with Crippen LogP contribution >= 0.6 is 0 Å². The Morgan fingerprint density at radius 3 is 2.38 bits per heavy atom. The van der Waals surface area contributed by atoms with E-state index >= 15 is 0 Å². The number of nitrogens with zero attached hydrogens (tertiary/aromatic N) is 1. The molecule has 1 amide bonds. The minimum atomic E-state index is -0.988. The lowest BCUT2D eigenvalue weighted by Gasteiger charge is -2.18. The first-order chi connectivity index (χ1) is 7.41. The fourth-order valence-corrected chi connectivity index (χ4v) is 1.33. The third kappa shape index (κ3) is 2.73. The Morgan fingerprint density at radius 2 is 1.94 bits per heavy atom. The Morgan fingerprint density at radius 1 is 1.31 bits per heavy atom. The summed E-state index contributed by atoms with van der Waals surface area (Å²) >= 11 is 0. The second-order valence-corrected chi connectivity index (χ2v) is 3.61. The molecule has 1 aromatic rings. The Balaban J connectivity index is 3.19. The van der Waals surface area contributed by atoms with E-state index in [0.29, 0.717) is 11.4 Å². The normalized spacial score (nSPS) is 9.69. The lowest BCUT2D eigenvalue weighted by Crippen LogP contribution is -2.15. The number of benzene rings is 1. The second kappa shape index (κ2) is 4.65. The third-order valence-corrected chi connectivity index (χ3v) is 2.04. The number of carbonyl (C=O) groups excluding carboxylic acids is 1. The van der Waals surface area contributed by atoms with Gasteiger partial charge in [0.05, 0.1) is 16.9 Å². The molecule has 2 N–H and O–H groups in total. The van der Waals surface area contributed by atoms with Gasteiger partial charge in [-0.3, -0.25) is 4.79 Å². The molecule has 0 spiro atoms. The van der Waals surface area contributed by atoms with Gasteiger partial charge in [0, 0.05) is 21.0 Å². The molecule has 0 radical (unpaired) electrons. The topological polar surface area (TPSA) is 69.6 Å². The molecular weight excluding hydrogens is 208 g/mol. The first kappa shape index (κ1) is 12.0. The molecule has 0 atom stereocenters. The van der Waals surface area contributed by atoms with E-state index in [9.17, 15) is 9.59 Å². The molecule has 5 heteroatoms. The van der Waals surface area contributed by atoms with Crippen LogP contribution in [0, 0.1) is 0 Å². The average molecular weight is 222 g/mol. The molecule has 1 aromatic carbocycles. The minimum Gasteiger partial charge on any atom is -0.478 e. The first-order valence-electron chi connectivity index (χ1n) is 4.74. The quantitative estimate of drug-likeness (QED) is 0.811. The number of carboxylic acid groups (broad SMARTS) is 1. The maximum absolute atomic E-state index is 11.0. The monoisotopic (exact) mass is 222 g/mol. The van der Waals surface area contributed by atoms with Crippen molar-refractivity contribution in [2.75, 3.05) is 24.3 Å². The van der Waals surface area contributed by atoms with Crippen molar-refractivity contribution < 1.29 is 14.7 Å². The van der Waals surface area contributed by atoms with Gasteiger partial charge < -0.3 is 15.3 Å². The van der Waals surface area contributed by atoms with Gasteiger partial charge in [0.25, 0.3) is 0 Å². The Labute approximate surface area is 93.7 Å². The van der Waals surface area contributed by atoms with Gasteiger partial charge in [-0.15, -0.1) is 0 Å². The molecule has 0 aliphatic rings. The predicted molar refractivity (Wildman–Crippen MR) is 62.0 cm³/mol. The van der Waals surface area contributed by atoms with Crippen molar-refractivity contribution in [1.82, 2.24) is 0 Å².